The molecule has 3 heteroatoms. The standard InChI is InChI=1S/C5H6O2S/c6-3-4-1-2-5(7)8-4/h3-4H,1-2H2. The molecule has 1 rings (SSSR count). The summed E-state index contributed by atoms with van der Waals surface area (Å²) in [7, 11) is 0. The highest BCUT2D eigenvalue weighted by Crippen LogP contribution is 2.25. The average molecular weight is 130 g/mol. The van der Waals surface area contributed by atoms with Gasteiger partial charge >= 0.3 is 0 Å². The lowest BCUT2D eigenvalue weighted by molar-refractivity contribution is -0.110. The number of carbonyl (C=O) groups is 2. The van der Waals surface area contributed by atoms with Gasteiger partial charge in [0.05, 0.1) is 5.25 Å². The van der Waals surface area contributed by atoms with Gasteiger partial charge in [0.25, 0.3) is 0 Å². The van der Waals surface area contributed by atoms with E-state index in [4.69, 9.17) is 0 Å². The monoisotopic (exact) mass is 130 g/mol. The van der Waals surface area contributed by atoms with Crippen LogP contribution in [-0.2, 0) is 9.59 Å². The lowest BCUT2D eigenvalue weighted by Gasteiger charge is -1.88. The van der Waals surface area contributed by atoms with Gasteiger partial charge in [-0.05, 0) is 6.42 Å². The maximum Gasteiger partial charge on any atom is 0.189 e. The summed E-state index contributed by atoms with van der Waals surface area (Å²) in [5.41, 5.74) is 0. The molecule has 0 saturated carbocycles. The van der Waals surface area contributed by atoms with Crippen LogP contribution in [0.1, 0.15) is 12.8 Å². The van der Waals surface area contributed by atoms with Crippen LogP contribution in [-0.4, -0.2) is 16.7 Å². The van der Waals surface area contributed by atoms with Crippen molar-refractivity contribution in [2.45, 2.75) is 18.1 Å². The molecule has 0 bridgehead atoms. The van der Waals surface area contributed by atoms with Crippen LogP contribution in [0, 0.1) is 0 Å². The lowest BCUT2D eigenvalue weighted by Crippen LogP contribution is -1.95. The zero-order valence-corrected chi connectivity index (χ0v) is 5.11. The molecular formula is C5H6O2S. The van der Waals surface area contributed by atoms with Crippen LogP contribution in [0.25, 0.3) is 0 Å². The average Bonchev–Trinajstić information content (AvgIpc) is 2.14. The van der Waals surface area contributed by atoms with E-state index in [0.29, 0.717) is 6.42 Å². The van der Waals surface area contributed by atoms with Gasteiger partial charge in [-0.3, -0.25) is 4.79 Å². The van der Waals surface area contributed by atoms with Crippen LogP contribution in [0.4, 0.5) is 0 Å². The number of thioether (sulfide) groups is 1. The van der Waals surface area contributed by atoms with Crippen molar-refractivity contribution < 1.29 is 9.59 Å². The zero-order chi connectivity index (χ0) is 5.98. The van der Waals surface area contributed by atoms with Crippen LogP contribution in [0.15, 0.2) is 0 Å². The quantitative estimate of drug-likeness (QED) is 0.488. The normalized spacial score (nSPS) is 28.5. The second kappa shape index (κ2) is 2.31. The summed E-state index contributed by atoms with van der Waals surface area (Å²) < 4.78 is 0. The van der Waals surface area contributed by atoms with E-state index in [1.807, 2.05) is 0 Å². The van der Waals surface area contributed by atoms with Crippen LogP contribution in [0.2, 0.25) is 0 Å². The maximum absolute atomic E-state index is 10.4. The topological polar surface area (TPSA) is 34.1 Å². The van der Waals surface area contributed by atoms with Crippen molar-refractivity contribution in [1.29, 1.82) is 0 Å². The lowest BCUT2D eigenvalue weighted by atomic mass is 10.3. The van der Waals surface area contributed by atoms with Crippen molar-refractivity contribution in [2.24, 2.45) is 0 Å². The number of aldehydes is 1. The Morgan fingerprint density at radius 2 is 2.50 bits per heavy atom. The summed E-state index contributed by atoms with van der Waals surface area (Å²) in [6.45, 7) is 0. The molecule has 8 heavy (non-hydrogen) atoms. The Balaban J connectivity index is 2.43. The van der Waals surface area contributed by atoms with Crippen LogP contribution in [0.5, 0.6) is 0 Å². The first-order valence-corrected chi connectivity index (χ1v) is 3.35. The molecule has 0 aromatic carbocycles. The van der Waals surface area contributed by atoms with Gasteiger partial charge in [0.15, 0.2) is 5.12 Å². The highest BCUT2D eigenvalue weighted by Gasteiger charge is 2.21. The Labute approximate surface area is 51.6 Å². The summed E-state index contributed by atoms with van der Waals surface area (Å²) in [6, 6.07) is 0. The smallest absolute Gasteiger partial charge is 0.189 e. The Hall–Kier alpha value is -0.310. The van der Waals surface area contributed by atoms with Gasteiger partial charge in [0.2, 0.25) is 0 Å². The molecule has 0 aromatic heterocycles. The van der Waals surface area contributed by atoms with E-state index in [0.717, 1.165) is 24.5 Å². The van der Waals surface area contributed by atoms with E-state index < -0.39 is 0 Å². The van der Waals surface area contributed by atoms with Crippen molar-refractivity contribution in [2.75, 3.05) is 0 Å². The van der Waals surface area contributed by atoms with Gasteiger partial charge in [-0.25, -0.2) is 0 Å². The second-order valence-electron chi connectivity index (χ2n) is 1.70. The number of hydrogen-bond donors (Lipinski definition) is 0. The fourth-order valence-corrected chi connectivity index (χ4v) is 1.51. The third-order valence-corrected chi connectivity index (χ3v) is 2.18. The Morgan fingerprint density at radius 3 is 2.75 bits per heavy atom. The molecule has 1 unspecified atom stereocenters. The molecule has 44 valence electrons. The highest BCUT2D eigenvalue weighted by atomic mass is 32.2. The number of rotatable bonds is 1. The van der Waals surface area contributed by atoms with E-state index in [1.54, 1.807) is 0 Å². The molecule has 2 nitrogen and oxygen atoms in total. The highest BCUT2D eigenvalue weighted by molar-refractivity contribution is 8.15. The minimum Gasteiger partial charge on any atom is -0.302 e. The molecule has 1 aliphatic rings. The molecule has 0 aromatic rings. The Morgan fingerprint density at radius 1 is 1.75 bits per heavy atom. The third kappa shape index (κ3) is 1.10. The zero-order valence-electron chi connectivity index (χ0n) is 4.29. The molecule has 0 radical (unpaired) electrons. The fourth-order valence-electron chi connectivity index (χ4n) is 0.643. The van der Waals surface area contributed by atoms with E-state index in [2.05, 4.69) is 0 Å². The minimum absolute atomic E-state index is 0.0394. The number of carbonyl (C=O) groups excluding carboxylic acids is 2. The molecule has 1 heterocycles. The first-order chi connectivity index (χ1) is 3.83. The first-order valence-electron chi connectivity index (χ1n) is 2.47. The first kappa shape index (κ1) is 5.82. The summed E-state index contributed by atoms with van der Waals surface area (Å²) in [5, 5.41) is 0.115. The van der Waals surface area contributed by atoms with E-state index in [9.17, 15) is 9.59 Å². The summed E-state index contributed by atoms with van der Waals surface area (Å²) in [6.07, 6.45) is 2.16. The van der Waals surface area contributed by atoms with Gasteiger partial charge in [-0.15, -0.1) is 0 Å². The third-order valence-electron chi connectivity index (χ3n) is 1.07. The van der Waals surface area contributed by atoms with Crippen LogP contribution >= 0.6 is 11.8 Å². The van der Waals surface area contributed by atoms with Crippen molar-refractivity contribution in [3.05, 3.63) is 0 Å². The van der Waals surface area contributed by atoms with Crippen LogP contribution in [0.3, 0.4) is 0 Å². The van der Waals surface area contributed by atoms with Gasteiger partial charge in [0, 0.05) is 6.42 Å². The summed E-state index contributed by atoms with van der Waals surface area (Å²) in [4.78, 5) is 20.4. The van der Waals surface area contributed by atoms with Gasteiger partial charge in [-0.2, -0.15) is 0 Å². The fraction of sp³-hybridized carbons (Fsp3) is 0.600. The van der Waals surface area contributed by atoms with Crippen molar-refractivity contribution in [1.82, 2.24) is 0 Å². The molecule has 0 spiro atoms. The van der Waals surface area contributed by atoms with Crippen LogP contribution < -0.4 is 0 Å². The maximum atomic E-state index is 10.4. The Kier molecular flexibility index (Phi) is 1.68. The van der Waals surface area contributed by atoms with Gasteiger partial charge in [-0.1, -0.05) is 11.8 Å². The molecule has 1 atom stereocenters. The molecular weight excluding hydrogens is 124 g/mol. The molecule has 0 N–H and O–H groups in total. The molecule has 1 aliphatic heterocycles. The largest absolute Gasteiger partial charge is 0.302 e. The second-order valence-corrected chi connectivity index (χ2v) is 3.00. The molecule has 1 fully saturated rings. The molecule has 0 aliphatic carbocycles. The minimum atomic E-state index is -0.0394. The Bertz CT molecular complexity index is 122. The van der Waals surface area contributed by atoms with E-state index >= 15 is 0 Å². The van der Waals surface area contributed by atoms with E-state index in [-0.39, 0.29) is 10.4 Å². The number of hydrogen-bond acceptors (Lipinski definition) is 3. The SMILES string of the molecule is O=CC1CCC(=O)S1. The van der Waals surface area contributed by atoms with Gasteiger partial charge in [0.1, 0.15) is 6.29 Å². The molecule has 0 amide bonds. The van der Waals surface area contributed by atoms with Crippen molar-refractivity contribution >= 4 is 23.2 Å². The summed E-state index contributed by atoms with van der Waals surface area (Å²) in [5.74, 6) is 0. The van der Waals surface area contributed by atoms with Gasteiger partial charge < -0.3 is 4.79 Å². The predicted molar refractivity (Wildman–Crippen MR) is 31.7 cm³/mol. The molecule has 1 saturated heterocycles. The summed E-state index contributed by atoms with van der Waals surface area (Å²) >= 11 is 1.16. The van der Waals surface area contributed by atoms with E-state index in [1.165, 1.54) is 0 Å². The predicted octanol–water partition coefficient (Wildman–Crippen LogP) is 0.608. The van der Waals surface area contributed by atoms with Crippen molar-refractivity contribution in [3.8, 4) is 0 Å². The van der Waals surface area contributed by atoms with Crippen molar-refractivity contribution in [3.63, 3.8) is 0 Å².